The van der Waals surface area contributed by atoms with Crippen LogP contribution in [0.15, 0.2) is 35.9 Å². The van der Waals surface area contributed by atoms with Crippen molar-refractivity contribution in [1.29, 1.82) is 0 Å². The molecule has 0 radical (unpaired) electrons. The molecule has 7 heteroatoms. The van der Waals surface area contributed by atoms with Crippen LogP contribution in [0.5, 0.6) is 5.75 Å². The molecule has 0 unspecified atom stereocenters. The highest BCUT2D eigenvalue weighted by Crippen LogP contribution is 2.54. The van der Waals surface area contributed by atoms with Crippen molar-refractivity contribution in [2.75, 3.05) is 20.8 Å². The van der Waals surface area contributed by atoms with E-state index in [2.05, 4.69) is 0 Å². The Bertz CT molecular complexity index is 884. The quantitative estimate of drug-likeness (QED) is 0.368. The molecule has 3 rings (SSSR count). The topological polar surface area (TPSA) is 80.3 Å². The maximum atomic E-state index is 13.3. The van der Waals surface area contributed by atoms with E-state index in [1.165, 1.54) is 7.11 Å². The molecule has 0 saturated heterocycles. The molecule has 31 heavy (non-hydrogen) atoms. The summed E-state index contributed by atoms with van der Waals surface area (Å²) in [4.78, 5) is 37.7. The third-order valence-electron chi connectivity index (χ3n) is 6.38. The lowest BCUT2D eigenvalue weighted by Crippen LogP contribution is -2.67. The fourth-order valence-corrected chi connectivity index (χ4v) is 4.35. The Balaban J connectivity index is 1.76. The third-order valence-corrected chi connectivity index (χ3v) is 6.38. The van der Waals surface area contributed by atoms with Crippen LogP contribution in [0.3, 0.4) is 0 Å². The number of hydrogen-bond donors (Lipinski definition) is 0. The lowest BCUT2D eigenvalue weighted by atomic mass is 9.57. The molecular formula is C24H32O7. The van der Waals surface area contributed by atoms with Gasteiger partial charge in [0.1, 0.15) is 11.4 Å². The van der Waals surface area contributed by atoms with Gasteiger partial charge in [-0.05, 0) is 58.4 Å². The maximum absolute atomic E-state index is 13.3. The summed E-state index contributed by atoms with van der Waals surface area (Å²) in [7, 11) is 3.04. The minimum atomic E-state index is -1.58. The first-order valence-electron chi connectivity index (χ1n) is 10.4. The molecule has 7 nitrogen and oxygen atoms in total. The van der Waals surface area contributed by atoms with Crippen LogP contribution >= 0.6 is 0 Å². The van der Waals surface area contributed by atoms with Gasteiger partial charge in [0.05, 0.1) is 36.7 Å². The van der Waals surface area contributed by atoms with Gasteiger partial charge in [-0.15, -0.1) is 0 Å². The molecule has 1 aliphatic heterocycles. The van der Waals surface area contributed by atoms with E-state index in [1.54, 1.807) is 40.9 Å². The van der Waals surface area contributed by atoms with Crippen molar-refractivity contribution < 1.29 is 33.6 Å². The van der Waals surface area contributed by atoms with E-state index in [9.17, 15) is 9.59 Å². The number of benzene rings is 1. The second-order valence-electron chi connectivity index (χ2n) is 9.42. The number of ether oxygens (including phenoxy) is 3. The normalized spacial score (nSPS) is 29.3. The Labute approximate surface area is 183 Å². The van der Waals surface area contributed by atoms with Gasteiger partial charge in [0.15, 0.2) is 11.6 Å². The monoisotopic (exact) mass is 432 g/mol. The average molecular weight is 433 g/mol. The fourth-order valence-electron chi connectivity index (χ4n) is 4.35. The van der Waals surface area contributed by atoms with E-state index in [4.69, 9.17) is 24.0 Å². The standard InChI is InChI=1S/C24H32O7/c1-21(2)19(25)18-14-23(5,30-31-24(18,28-7)22(3,4)20(21)26)12-13-29-15-16-8-10-17(27-6)11-9-16/h8-11,14H,12-13,15H2,1-7H3/t23-,24+/m0/s1. The Morgan fingerprint density at radius 1 is 0.935 bits per heavy atom. The van der Waals surface area contributed by atoms with Crippen LogP contribution in [0.4, 0.5) is 0 Å². The lowest BCUT2D eigenvalue weighted by molar-refractivity contribution is -0.469. The summed E-state index contributed by atoms with van der Waals surface area (Å²) >= 11 is 0. The first kappa shape index (κ1) is 23.6. The SMILES string of the molecule is COc1ccc(COCC[C@@]2(C)C=C3C(=O)C(C)(C)C(=O)C(C)(C)[C@]3(OC)OO2)cc1. The molecule has 0 bridgehead atoms. The molecule has 2 atom stereocenters. The van der Waals surface area contributed by atoms with Crippen LogP contribution in [0.25, 0.3) is 0 Å². The van der Waals surface area contributed by atoms with Crippen molar-refractivity contribution in [2.45, 2.75) is 59.0 Å². The smallest absolute Gasteiger partial charge is 0.242 e. The van der Waals surface area contributed by atoms with Gasteiger partial charge in [-0.2, -0.15) is 4.89 Å². The fraction of sp³-hybridized carbons (Fsp3) is 0.583. The number of methoxy groups -OCH3 is 2. The number of hydrogen-bond acceptors (Lipinski definition) is 7. The minimum absolute atomic E-state index is 0.251. The summed E-state index contributed by atoms with van der Waals surface area (Å²) in [6, 6.07) is 7.65. The van der Waals surface area contributed by atoms with Crippen molar-refractivity contribution >= 4 is 11.6 Å². The third kappa shape index (κ3) is 3.84. The van der Waals surface area contributed by atoms with E-state index in [1.807, 2.05) is 31.2 Å². The molecule has 170 valence electrons. The molecule has 1 heterocycles. The summed E-state index contributed by atoms with van der Waals surface area (Å²) in [5.74, 6) is -1.36. The van der Waals surface area contributed by atoms with Gasteiger partial charge < -0.3 is 14.2 Å². The van der Waals surface area contributed by atoms with Gasteiger partial charge >= 0.3 is 0 Å². The van der Waals surface area contributed by atoms with Gasteiger partial charge in [0.2, 0.25) is 5.79 Å². The predicted molar refractivity (Wildman–Crippen MR) is 113 cm³/mol. The van der Waals surface area contributed by atoms with Crippen LogP contribution in [0, 0.1) is 10.8 Å². The van der Waals surface area contributed by atoms with Crippen molar-refractivity contribution in [2.24, 2.45) is 10.8 Å². The minimum Gasteiger partial charge on any atom is -0.497 e. The van der Waals surface area contributed by atoms with E-state index in [-0.39, 0.29) is 11.6 Å². The van der Waals surface area contributed by atoms with E-state index < -0.39 is 22.2 Å². The molecule has 0 amide bonds. The van der Waals surface area contributed by atoms with Gasteiger partial charge in [-0.3, -0.25) is 9.59 Å². The van der Waals surface area contributed by atoms with Crippen molar-refractivity contribution in [1.82, 2.24) is 0 Å². The summed E-state index contributed by atoms with van der Waals surface area (Å²) < 4.78 is 16.6. The Hall–Kier alpha value is -2.06. The molecule has 1 aromatic rings. The molecule has 1 aliphatic carbocycles. The van der Waals surface area contributed by atoms with Crippen LogP contribution in [0.1, 0.15) is 46.6 Å². The molecular weight excluding hydrogens is 400 g/mol. The van der Waals surface area contributed by atoms with E-state index >= 15 is 0 Å². The summed E-state index contributed by atoms with van der Waals surface area (Å²) in [6.07, 6.45) is 2.18. The average Bonchev–Trinajstić information content (AvgIpc) is 2.75. The second-order valence-corrected chi connectivity index (χ2v) is 9.42. The van der Waals surface area contributed by atoms with Gasteiger partial charge in [0, 0.05) is 13.5 Å². The largest absolute Gasteiger partial charge is 0.497 e. The zero-order valence-electron chi connectivity index (χ0n) is 19.4. The zero-order valence-corrected chi connectivity index (χ0v) is 19.4. The molecule has 0 N–H and O–H groups in total. The Kier molecular flexibility index (Phi) is 6.19. The molecule has 2 aliphatic rings. The van der Waals surface area contributed by atoms with E-state index in [0.29, 0.717) is 25.2 Å². The second kappa shape index (κ2) is 8.13. The first-order valence-corrected chi connectivity index (χ1v) is 10.4. The van der Waals surface area contributed by atoms with Crippen molar-refractivity contribution in [3.05, 3.63) is 41.5 Å². The highest BCUT2D eigenvalue weighted by atomic mass is 17.2. The molecule has 1 saturated carbocycles. The number of carbonyl (C=O) groups is 2. The summed E-state index contributed by atoms with van der Waals surface area (Å²) in [5.41, 5.74) is -1.86. The molecule has 0 spiro atoms. The van der Waals surface area contributed by atoms with Crippen LogP contribution in [-0.4, -0.2) is 43.8 Å². The number of carbonyl (C=O) groups excluding carboxylic acids is 2. The molecule has 1 aromatic carbocycles. The number of Topliss-reactive ketones (excluding diaryl/α,β-unsaturated/α-hetero) is 2. The highest BCUT2D eigenvalue weighted by Gasteiger charge is 2.68. The summed E-state index contributed by atoms with van der Waals surface area (Å²) in [6.45, 7) is 9.35. The number of rotatable bonds is 7. The number of fused-ring (bicyclic) bond motifs is 1. The Morgan fingerprint density at radius 2 is 1.58 bits per heavy atom. The molecule has 1 fully saturated rings. The van der Waals surface area contributed by atoms with Crippen molar-refractivity contribution in [3.63, 3.8) is 0 Å². The maximum Gasteiger partial charge on any atom is 0.242 e. The predicted octanol–water partition coefficient (Wildman–Crippen LogP) is 3.80. The van der Waals surface area contributed by atoms with Crippen molar-refractivity contribution in [3.8, 4) is 5.75 Å². The van der Waals surface area contributed by atoms with E-state index in [0.717, 1.165) is 11.3 Å². The Morgan fingerprint density at radius 3 is 2.16 bits per heavy atom. The molecule has 0 aromatic heterocycles. The van der Waals surface area contributed by atoms with Crippen LogP contribution < -0.4 is 4.74 Å². The van der Waals surface area contributed by atoms with Crippen LogP contribution in [0.2, 0.25) is 0 Å². The lowest BCUT2D eigenvalue weighted by Gasteiger charge is -2.54. The van der Waals surface area contributed by atoms with Gasteiger partial charge in [-0.25, -0.2) is 4.89 Å². The van der Waals surface area contributed by atoms with Gasteiger partial charge in [-0.1, -0.05) is 12.1 Å². The van der Waals surface area contributed by atoms with Gasteiger partial charge in [0.25, 0.3) is 0 Å². The zero-order chi connectivity index (χ0) is 23.1. The summed E-state index contributed by atoms with van der Waals surface area (Å²) in [5, 5.41) is 0. The highest BCUT2D eigenvalue weighted by molar-refractivity contribution is 6.19. The van der Waals surface area contributed by atoms with Crippen LogP contribution in [-0.2, 0) is 35.4 Å². The first-order chi connectivity index (χ1) is 14.4. The number of ketones is 2.